The van der Waals surface area contributed by atoms with Crippen molar-refractivity contribution in [1.29, 1.82) is 0 Å². The molecule has 2 aromatic rings. The molecule has 1 unspecified atom stereocenters. The van der Waals surface area contributed by atoms with E-state index in [0.717, 1.165) is 20.6 Å². The van der Waals surface area contributed by atoms with Crippen molar-refractivity contribution in [3.63, 3.8) is 0 Å². The van der Waals surface area contributed by atoms with Gasteiger partial charge in [-0.15, -0.1) is 11.6 Å². The Morgan fingerprint density at radius 3 is 2.53 bits per heavy atom. The molecule has 1 nitrogen and oxygen atoms in total. The summed E-state index contributed by atoms with van der Waals surface area (Å²) in [5, 5.41) is 0.690. The summed E-state index contributed by atoms with van der Waals surface area (Å²) in [6.45, 7) is 0. The predicted molar refractivity (Wildman–Crippen MR) is 80.7 cm³/mol. The van der Waals surface area contributed by atoms with Crippen molar-refractivity contribution < 1.29 is 0 Å². The fourth-order valence-corrected chi connectivity index (χ4v) is 2.39. The van der Waals surface area contributed by atoms with Crippen molar-refractivity contribution in [1.82, 2.24) is 4.98 Å². The van der Waals surface area contributed by atoms with Crippen LogP contribution >= 0.6 is 45.8 Å². The van der Waals surface area contributed by atoms with Crippen molar-refractivity contribution in [2.75, 3.05) is 0 Å². The van der Waals surface area contributed by atoms with Crippen molar-refractivity contribution >= 4 is 45.8 Å². The lowest BCUT2D eigenvalue weighted by molar-refractivity contribution is 0.916. The molecule has 4 heteroatoms. The second kappa shape index (κ2) is 6.03. The fraction of sp³-hybridized carbons (Fsp3) is 0.154. The standard InChI is InChI=1S/C13H10Cl2IN/c14-11(7-9-3-5-17-6-4-9)10-1-2-13(16)12(15)8-10/h1-6,8,11H,7H2. The summed E-state index contributed by atoms with van der Waals surface area (Å²) in [7, 11) is 0. The van der Waals surface area contributed by atoms with Crippen LogP contribution in [0.5, 0.6) is 0 Å². The van der Waals surface area contributed by atoms with E-state index in [1.54, 1.807) is 12.4 Å². The molecule has 88 valence electrons. The molecule has 0 bridgehead atoms. The lowest BCUT2D eigenvalue weighted by Gasteiger charge is -2.10. The second-order valence-electron chi connectivity index (χ2n) is 3.70. The maximum absolute atomic E-state index is 6.38. The Bertz CT molecular complexity index is 502. The lowest BCUT2D eigenvalue weighted by Crippen LogP contribution is -1.96. The van der Waals surface area contributed by atoms with Crippen LogP contribution in [0.4, 0.5) is 0 Å². The number of benzene rings is 1. The molecule has 0 fully saturated rings. The van der Waals surface area contributed by atoms with E-state index in [1.165, 1.54) is 5.56 Å². The molecule has 0 amide bonds. The highest BCUT2D eigenvalue weighted by Gasteiger charge is 2.10. The van der Waals surface area contributed by atoms with Crippen LogP contribution in [-0.2, 0) is 6.42 Å². The monoisotopic (exact) mass is 377 g/mol. The molecule has 0 N–H and O–H groups in total. The minimum absolute atomic E-state index is 0.0631. The van der Waals surface area contributed by atoms with E-state index in [0.29, 0.717) is 0 Å². The van der Waals surface area contributed by atoms with Crippen LogP contribution in [0.2, 0.25) is 5.02 Å². The Labute approximate surface area is 124 Å². The maximum Gasteiger partial charge on any atom is 0.0626 e. The van der Waals surface area contributed by atoms with Crippen LogP contribution in [-0.4, -0.2) is 4.98 Å². The molecule has 1 heterocycles. The van der Waals surface area contributed by atoms with E-state index < -0.39 is 0 Å². The SMILES string of the molecule is Clc1cc(C(Cl)Cc2ccncc2)ccc1I. The molecule has 2 rings (SSSR count). The van der Waals surface area contributed by atoms with Gasteiger partial charge in [0.2, 0.25) is 0 Å². The molecule has 0 aliphatic rings. The molecule has 17 heavy (non-hydrogen) atoms. The minimum Gasteiger partial charge on any atom is -0.265 e. The molecule has 1 aromatic heterocycles. The van der Waals surface area contributed by atoms with Crippen LogP contribution in [0.15, 0.2) is 42.7 Å². The Balaban J connectivity index is 2.14. The van der Waals surface area contributed by atoms with Gasteiger partial charge in [0.1, 0.15) is 0 Å². The molecule has 0 saturated heterocycles. The molecule has 0 spiro atoms. The van der Waals surface area contributed by atoms with Crippen molar-refractivity contribution in [2.45, 2.75) is 11.8 Å². The van der Waals surface area contributed by atoms with Gasteiger partial charge in [-0.2, -0.15) is 0 Å². The van der Waals surface area contributed by atoms with Gasteiger partial charge in [0.25, 0.3) is 0 Å². The van der Waals surface area contributed by atoms with Gasteiger partial charge in [0, 0.05) is 16.0 Å². The van der Waals surface area contributed by atoms with Crippen LogP contribution in [0.1, 0.15) is 16.5 Å². The van der Waals surface area contributed by atoms with Crippen molar-refractivity contribution in [3.05, 3.63) is 62.4 Å². The minimum atomic E-state index is -0.0631. The Hall–Kier alpha value is -0.320. The van der Waals surface area contributed by atoms with Gasteiger partial charge in [-0.25, -0.2) is 0 Å². The van der Waals surface area contributed by atoms with Gasteiger partial charge >= 0.3 is 0 Å². The number of hydrogen-bond acceptors (Lipinski definition) is 1. The topological polar surface area (TPSA) is 12.9 Å². The Morgan fingerprint density at radius 2 is 1.88 bits per heavy atom. The molecular formula is C13H10Cl2IN. The van der Waals surface area contributed by atoms with E-state index in [4.69, 9.17) is 23.2 Å². The zero-order valence-electron chi connectivity index (χ0n) is 8.91. The summed E-state index contributed by atoms with van der Waals surface area (Å²) in [5.74, 6) is 0. The zero-order chi connectivity index (χ0) is 12.3. The average Bonchev–Trinajstić information content (AvgIpc) is 2.34. The molecule has 0 aliphatic carbocycles. The number of rotatable bonds is 3. The predicted octanol–water partition coefficient (Wildman–Crippen LogP) is 4.86. The first-order chi connectivity index (χ1) is 8.16. The number of pyridine rings is 1. The summed E-state index contributed by atoms with van der Waals surface area (Å²) in [6, 6.07) is 9.89. The summed E-state index contributed by atoms with van der Waals surface area (Å²) in [5.41, 5.74) is 2.23. The van der Waals surface area contributed by atoms with E-state index >= 15 is 0 Å². The van der Waals surface area contributed by atoms with Crippen molar-refractivity contribution in [3.8, 4) is 0 Å². The molecule has 0 radical (unpaired) electrons. The van der Waals surface area contributed by atoms with Gasteiger partial charge in [-0.3, -0.25) is 4.98 Å². The summed E-state index contributed by atoms with van der Waals surface area (Å²) >= 11 is 14.7. The highest BCUT2D eigenvalue weighted by molar-refractivity contribution is 14.1. The average molecular weight is 378 g/mol. The quantitative estimate of drug-likeness (QED) is 0.549. The Morgan fingerprint density at radius 1 is 1.18 bits per heavy atom. The lowest BCUT2D eigenvalue weighted by atomic mass is 10.1. The third-order valence-corrected chi connectivity index (χ3v) is 4.45. The summed E-state index contributed by atoms with van der Waals surface area (Å²) in [6.07, 6.45) is 4.33. The largest absolute Gasteiger partial charge is 0.265 e. The van der Waals surface area contributed by atoms with E-state index in [2.05, 4.69) is 27.6 Å². The van der Waals surface area contributed by atoms with Crippen LogP contribution in [0, 0.1) is 3.57 Å². The van der Waals surface area contributed by atoms with Gasteiger partial charge < -0.3 is 0 Å². The third kappa shape index (κ3) is 3.57. The molecule has 0 saturated carbocycles. The normalized spacial score (nSPS) is 12.4. The molecular weight excluding hydrogens is 368 g/mol. The first-order valence-corrected chi connectivity index (χ1v) is 7.04. The number of halogens is 3. The third-order valence-electron chi connectivity index (χ3n) is 2.47. The second-order valence-corrected chi connectivity index (χ2v) is 5.80. The number of alkyl halides is 1. The van der Waals surface area contributed by atoms with E-state index in [1.807, 2.05) is 30.3 Å². The summed E-state index contributed by atoms with van der Waals surface area (Å²) in [4.78, 5) is 3.99. The number of nitrogens with zero attached hydrogens (tertiary/aromatic N) is 1. The van der Waals surface area contributed by atoms with E-state index in [9.17, 15) is 0 Å². The highest BCUT2D eigenvalue weighted by atomic mass is 127. The number of aromatic nitrogens is 1. The van der Waals surface area contributed by atoms with Crippen LogP contribution in [0.25, 0.3) is 0 Å². The van der Waals surface area contributed by atoms with Gasteiger partial charge in [0.15, 0.2) is 0 Å². The molecule has 1 aromatic carbocycles. The number of hydrogen-bond donors (Lipinski definition) is 0. The summed E-state index contributed by atoms with van der Waals surface area (Å²) < 4.78 is 1.04. The smallest absolute Gasteiger partial charge is 0.0626 e. The van der Waals surface area contributed by atoms with Gasteiger partial charge in [-0.05, 0) is 64.4 Å². The fourth-order valence-electron chi connectivity index (χ4n) is 1.55. The molecule has 0 aliphatic heterocycles. The Kier molecular flexibility index (Phi) is 4.65. The maximum atomic E-state index is 6.38. The van der Waals surface area contributed by atoms with Crippen LogP contribution < -0.4 is 0 Å². The highest BCUT2D eigenvalue weighted by Crippen LogP contribution is 2.29. The molecule has 1 atom stereocenters. The first-order valence-electron chi connectivity index (χ1n) is 5.15. The first kappa shape index (κ1) is 13.1. The van der Waals surface area contributed by atoms with Crippen LogP contribution in [0.3, 0.4) is 0 Å². The van der Waals surface area contributed by atoms with Gasteiger partial charge in [-0.1, -0.05) is 17.7 Å². The van der Waals surface area contributed by atoms with Gasteiger partial charge in [0.05, 0.1) is 10.4 Å². The zero-order valence-corrected chi connectivity index (χ0v) is 12.6. The van der Waals surface area contributed by atoms with E-state index in [-0.39, 0.29) is 5.38 Å². The van der Waals surface area contributed by atoms with Crippen molar-refractivity contribution in [2.24, 2.45) is 0 Å².